The van der Waals surface area contributed by atoms with E-state index in [0.29, 0.717) is 18.9 Å². The molecule has 1 atom stereocenters. The second-order valence-electron chi connectivity index (χ2n) is 6.28. The van der Waals surface area contributed by atoms with Crippen molar-refractivity contribution in [3.05, 3.63) is 0 Å². The van der Waals surface area contributed by atoms with Crippen LogP contribution in [0.15, 0.2) is 0 Å². The van der Waals surface area contributed by atoms with Crippen LogP contribution in [0, 0.1) is 17.8 Å². The first kappa shape index (κ1) is 18.1. The molecule has 23 heavy (non-hydrogen) atoms. The number of carbonyl (C=O) groups is 3. The van der Waals surface area contributed by atoms with E-state index < -0.39 is 0 Å². The number of hydrogen-bond donors (Lipinski definition) is 0. The minimum Gasteiger partial charge on any atom is -0.438 e. The Morgan fingerprint density at radius 2 is 2.00 bits per heavy atom. The highest BCUT2D eigenvalue weighted by molar-refractivity contribution is 7.37. The van der Waals surface area contributed by atoms with Gasteiger partial charge in [-0.2, -0.15) is 0 Å². The zero-order valence-corrected chi connectivity index (χ0v) is 14.6. The van der Waals surface area contributed by atoms with E-state index in [4.69, 9.17) is 9.47 Å². The Morgan fingerprint density at radius 1 is 1.30 bits per heavy atom. The fourth-order valence-corrected chi connectivity index (χ4v) is 3.40. The maximum atomic E-state index is 11.9. The third-order valence-corrected chi connectivity index (χ3v) is 4.90. The van der Waals surface area contributed by atoms with E-state index in [1.54, 1.807) is 12.9 Å². The molecule has 0 bridgehead atoms. The summed E-state index contributed by atoms with van der Waals surface area (Å²) in [5, 5.41) is 0. The molecule has 1 heterocycles. The van der Waals surface area contributed by atoms with Crippen LogP contribution in [0.3, 0.4) is 0 Å². The van der Waals surface area contributed by atoms with Crippen LogP contribution in [0.1, 0.15) is 39.0 Å². The predicted octanol–water partition coefficient (Wildman–Crippen LogP) is 2.04. The minimum absolute atomic E-state index is 0.0335. The lowest BCUT2D eigenvalue weighted by molar-refractivity contribution is -0.157. The van der Waals surface area contributed by atoms with Crippen LogP contribution in [-0.4, -0.2) is 48.7 Å². The van der Waals surface area contributed by atoms with Gasteiger partial charge in [-0.3, -0.25) is 19.3 Å². The number of imide groups is 1. The number of esters is 1. The first-order valence-electron chi connectivity index (χ1n) is 8.06. The number of likely N-dealkylation sites (tertiary alicyclic amines) is 1. The van der Waals surface area contributed by atoms with Gasteiger partial charge in [-0.1, -0.05) is 15.1 Å². The smallest absolute Gasteiger partial charge is 0.311 e. The molecule has 6 nitrogen and oxygen atoms in total. The predicted molar refractivity (Wildman–Crippen MR) is 86.9 cm³/mol. The van der Waals surface area contributed by atoms with Gasteiger partial charge >= 0.3 is 5.97 Å². The van der Waals surface area contributed by atoms with Crippen LogP contribution in [0.5, 0.6) is 0 Å². The van der Waals surface area contributed by atoms with Gasteiger partial charge in [-0.15, -0.1) is 0 Å². The molecule has 0 aromatic rings. The van der Waals surface area contributed by atoms with Crippen molar-refractivity contribution in [3.63, 3.8) is 0 Å². The van der Waals surface area contributed by atoms with Crippen molar-refractivity contribution >= 4 is 32.0 Å². The van der Waals surface area contributed by atoms with Crippen LogP contribution in [0.2, 0.25) is 0 Å². The van der Waals surface area contributed by atoms with Gasteiger partial charge < -0.3 is 9.47 Å². The average molecular weight is 341 g/mol. The Kier molecular flexibility index (Phi) is 6.72. The Balaban J connectivity index is 1.72. The van der Waals surface area contributed by atoms with E-state index >= 15 is 0 Å². The summed E-state index contributed by atoms with van der Waals surface area (Å²) in [7, 11) is 0.984. The van der Waals surface area contributed by atoms with Gasteiger partial charge in [0.2, 0.25) is 11.8 Å². The van der Waals surface area contributed by atoms with Gasteiger partial charge in [-0.25, -0.2) is 0 Å². The molecule has 1 unspecified atom stereocenters. The third-order valence-electron chi connectivity index (χ3n) is 4.54. The van der Waals surface area contributed by atoms with E-state index in [-0.39, 0.29) is 36.4 Å². The summed E-state index contributed by atoms with van der Waals surface area (Å²) in [6, 6.07) is 0. The van der Waals surface area contributed by atoms with E-state index in [0.717, 1.165) is 33.9 Å². The topological polar surface area (TPSA) is 72.9 Å². The first-order valence-corrected chi connectivity index (χ1v) is 9.47. The molecule has 0 aromatic heterocycles. The van der Waals surface area contributed by atoms with Crippen molar-refractivity contribution in [2.24, 2.45) is 17.8 Å². The van der Waals surface area contributed by atoms with Crippen molar-refractivity contribution in [3.8, 4) is 0 Å². The van der Waals surface area contributed by atoms with Crippen LogP contribution in [0.4, 0.5) is 0 Å². The normalized spacial score (nSPS) is 28.6. The highest BCUT2D eigenvalue weighted by atomic mass is 31.1. The third kappa shape index (κ3) is 4.85. The van der Waals surface area contributed by atoms with Crippen LogP contribution >= 0.6 is 8.20 Å². The molecule has 1 aliphatic carbocycles. The van der Waals surface area contributed by atoms with Gasteiger partial charge in [0.05, 0.1) is 11.9 Å². The molecule has 1 saturated carbocycles. The fourth-order valence-electron chi connectivity index (χ4n) is 3.19. The molecular weight excluding hydrogens is 317 g/mol. The summed E-state index contributed by atoms with van der Waals surface area (Å²) in [4.78, 5) is 37.1. The van der Waals surface area contributed by atoms with Gasteiger partial charge in [0.15, 0.2) is 6.79 Å². The standard InChI is InChI=1S/C16H24NO5P/c1-11-7-14(18)17(15(11)19)8-12-3-5-13(6-4-12)16(20)22-9-21-10-23-2/h10-13H,3-9H2,1-2H3. The summed E-state index contributed by atoms with van der Waals surface area (Å²) in [6.07, 6.45) is 3.49. The Bertz CT molecular complexity index is 485. The quantitative estimate of drug-likeness (QED) is 0.243. The maximum absolute atomic E-state index is 11.9. The average Bonchev–Trinajstić information content (AvgIpc) is 2.78. The molecule has 2 aliphatic rings. The van der Waals surface area contributed by atoms with Crippen LogP contribution < -0.4 is 0 Å². The summed E-state index contributed by atoms with van der Waals surface area (Å²) in [5.74, 6) is 1.25. The molecule has 2 amide bonds. The van der Waals surface area contributed by atoms with E-state index in [9.17, 15) is 14.4 Å². The van der Waals surface area contributed by atoms with Crippen molar-refractivity contribution in [2.45, 2.75) is 39.0 Å². The summed E-state index contributed by atoms with van der Waals surface area (Å²) < 4.78 is 10.1. The molecule has 2 fully saturated rings. The number of carbonyl (C=O) groups excluding carboxylic acids is 3. The molecule has 128 valence electrons. The summed E-state index contributed by atoms with van der Waals surface area (Å²) in [5.41, 5.74) is 0. The lowest BCUT2D eigenvalue weighted by Gasteiger charge is -2.29. The summed E-state index contributed by atoms with van der Waals surface area (Å²) in [6.45, 7) is 4.18. The Morgan fingerprint density at radius 3 is 2.57 bits per heavy atom. The second-order valence-corrected chi connectivity index (χ2v) is 7.00. The zero-order chi connectivity index (χ0) is 16.8. The van der Waals surface area contributed by atoms with E-state index in [1.165, 1.54) is 4.90 Å². The number of amides is 2. The highest BCUT2D eigenvalue weighted by Crippen LogP contribution is 2.31. The molecule has 0 N–H and O–H groups in total. The molecule has 0 radical (unpaired) electrons. The lowest BCUT2D eigenvalue weighted by Crippen LogP contribution is -2.37. The van der Waals surface area contributed by atoms with E-state index in [1.807, 2.05) is 6.66 Å². The molecule has 1 saturated heterocycles. The highest BCUT2D eigenvalue weighted by Gasteiger charge is 2.37. The largest absolute Gasteiger partial charge is 0.438 e. The number of rotatable bonds is 6. The van der Waals surface area contributed by atoms with Crippen molar-refractivity contribution < 1.29 is 23.9 Å². The molecule has 1 aliphatic heterocycles. The zero-order valence-electron chi connectivity index (χ0n) is 13.7. The molecule has 0 spiro atoms. The lowest BCUT2D eigenvalue weighted by atomic mass is 9.82. The SMILES string of the molecule is CP=COCOC(=O)C1CCC(CN2C(=O)CC(C)C2=O)CC1. The number of ether oxygens (including phenoxy) is 2. The van der Waals surface area contributed by atoms with E-state index in [2.05, 4.69) is 0 Å². The summed E-state index contributed by atoms with van der Waals surface area (Å²) >= 11 is 0. The Labute approximate surface area is 138 Å². The molecule has 0 aromatic carbocycles. The Hall–Kier alpha value is -1.26. The van der Waals surface area contributed by atoms with Crippen LogP contribution in [-0.2, 0) is 23.9 Å². The second kappa shape index (κ2) is 8.55. The molecular formula is C16H24NO5P. The van der Waals surface area contributed by atoms with Crippen LogP contribution in [0.25, 0.3) is 0 Å². The minimum atomic E-state index is -0.216. The van der Waals surface area contributed by atoms with Crippen molar-refractivity contribution in [1.29, 1.82) is 0 Å². The molecule has 2 rings (SSSR count). The monoisotopic (exact) mass is 341 g/mol. The molecule has 7 heteroatoms. The number of hydrogen-bond acceptors (Lipinski definition) is 5. The van der Waals surface area contributed by atoms with Gasteiger partial charge in [-0.05, 0) is 38.3 Å². The van der Waals surface area contributed by atoms with Crippen molar-refractivity contribution in [2.75, 3.05) is 20.0 Å². The fraction of sp³-hybridized carbons (Fsp3) is 0.750. The number of nitrogens with zero attached hydrogens (tertiary/aromatic N) is 1. The van der Waals surface area contributed by atoms with Gasteiger partial charge in [0, 0.05) is 18.9 Å². The van der Waals surface area contributed by atoms with Gasteiger partial charge in [0.25, 0.3) is 0 Å². The maximum Gasteiger partial charge on any atom is 0.311 e. The van der Waals surface area contributed by atoms with Gasteiger partial charge in [0.1, 0.15) is 0 Å². The van der Waals surface area contributed by atoms with Crippen molar-refractivity contribution in [1.82, 2.24) is 4.90 Å². The first-order chi connectivity index (χ1) is 11.0.